The maximum absolute atomic E-state index is 12.1. The van der Waals surface area contributed by atoms with E-state index in [1.807, 2.05) is 0 Å². The smallest absolute Gasteiger partial charge is 0.311 e. The number of amides is 1. The molecule has 1 amide bonds. The first-order valence-corrected chi connectivity index (χ1v) is 6.29. The number of para-hydroxylation sites is 1. The minimum Gasteiger partial charge on any atom is -0.487 e. The van der Waals surface area contributed by atoms with Gasteiger partial charge in [0.05, 0.1) is 23.5 Å². The molecule has 1 aromatic carbocycles. The molecule has 8 nitrogen and oxygen atoms in total. The first-order valence-electron chi connectivity index (χ1n) is 6.29. The molecule has 8 heteroatoms. The first kappa shape index (κ1) is 16.4. The Morgan fingerprint density at radius 3 is 2.67 bits per heavy atom. The Morgan fingerprint density at radius 2 is 2.14 bits per heavy atom. The molecule has 0 heterocycles. The third kappa shape index (κ3) is 4.44. The number of aliphatic carboxylic acids is 1. The van der Waals surface area contributed by atoms with Crippen molar-refractivity contribution in [3.05, 3.63) is 33.9 Å². The van der Waals surface area contributed by atoms with E-state index in [9.17, 15) is 19.7 Å². The van der Waals surface area contributed by atoms with Gasteiger partial charge in [-0.15, -0.1) is 0 Å². The van der Waals surface area contributed by atoms with Crippen molar-refractivity contribution in [3.8, 4) is 5.75 Å². The van der Waals surface area contributed by atoms with Gasteiger partial charge >= 0.3 is 11.7 Å². The molecule has 0 aliphatic rings. The highest BCUT2D eigenvalue weighted by Gasteiger charge is 2.24. The van der Waals surface area contributed by atoms with E-state index < -0.39 is 22.8 Å². The lowest BCUT2D eigenvalue weighted by Crippen LogP contribution is -2.34. The fourth-order valence-corrected chi connectivity index (χ4v) is 1.76. The molecule has 114 valence electrons. The molecule has 1 aromatic rings. The van der Waals surface area contributed by atoms with Crippen molar-refractivity contribution in [1.29, 1.82) is 0 Å². The van der Waals surface area contributed by atoms with Gasteiger partial charge in [0.2, 0.25) is 5.75 Å². The molecule has 0 saturated carbocycles. The third-order valence-corrected chi connectivity index (χ3v) is 2.58. The van der Waals surface area contributed by atoms with Gasteiger partial charge in [0.15, 0.2) is 0 Å². The number of nitro groups is 1. The van der Waals surface area contributed by atoms with Crippen LogP contribution in [0.5, 0.6) is 5.75 Å². The number of carbonyl (C=O) groups is 2. The lowest BCUT2D eigenvalue weighted by atomic mass is 10.1. The van der Waals surface area contributed by atoms with Crippen LogP contribution < -0.4 is 10.1 Å². The normalized spacial score (nSPS) is 11.5. The predicted molar refractivity (Wildman–Crippen MR) is 73.4 cm³/mol. The van der Waals surface area contributed by atoms with Crippen LogP contribution in [0.4, 0.5) is 5.69 Å². The van der Waals surface area contributed by atoms with Crippen molar-refractivity contribution in [2.45, 2.75) is 26.3 Å². The number of hydrogen-bond donors (Lipinski definition) is 2. The topological polar surface area (TPSA) is 119 Å². The summed E-state index contributed by atoms with van der Waals surface area (Å²) in [6, 6.07) is 3.39. The summed E-state index contributed by atoms with van der Waals surface area (Å²) >= 11 is 0. The van der Waals surface area contributed by atoms with Crippen LogP contribution >= 0.6 is 0 Å². The fourth-order valence-electron chi connectivity index (χ4n) is 1.76. The summed E-state index contributed by atoms with van der Waals surface area (Å²) in [5.74, 6) is -1.78. The molecule has 1 unspecified atom stereocenters. The van der Waals surface area contributed by atoms with Gasteiger partial charge in [-0.05, 0) is 19.9 Å². The van der Waals surface area contributed by atoms with E-state index in [4.69, 9.17) is 9.84 Å². The summed E-state index contributed by atoms with van der Waals surface area (Å²) in [5.41, 5.74) is -0.307. The summed E-state index contributed by atoms with van der Waals surface area (Å²) in [5, 5.41) is 22.1. The van der Waals surface area contributed by atoms with E-state index in [0.29, 0.717) is 0 Å². The number of benzene rings is 1. The zero-order valence-electron chi connectivity index (χ0n) is 11.7. The van der Waals surface area contributed by atoms with Gasteiger partial charge in [0.1, 0.15) is 0 Å². The summed E-state index contributed by atoms with van der Waals surface area (Å²) in [6.45, 7) is 3.34. The molecule has 21 heavy (non-hydrogen) atoms. The molecule has 0 aliphatic heterocycles. The van der Waals surface area contributed by atoms with E-state index in [0.717, 1.165) is 0 Å². The number of nitrogens with one attached hydrogen (secondary N) is 1. The minimum atomic E-state index is -1.05. The standard InChI is InChI=1S/C13H16N2O6/c1-3-21-12-9(5-4-6-10(12)15(19)20)13(18)14-8(2)7-11(16)17/h4-6,8H,3,7H2,1-2H3,(H,14,18)(H,16,17). The van der Waals surface area contributed by atoms with Crippen molar-refractivity contribution in [2.24, 2.45) is 0 Å². The largest absolute Gasteiger partial charge is 0.487 e. The Morgan fingerprint density at radius 1 is 1.48 bits per heavy atom. The fraction of sp³-hybridized carbons (Fsp3) is 0.385. The van der Waals surface area contributed by atoms with Gasteiger partial charge in [-0.3, -0.25) is 19.7 Å². The van der Waals surface area contributed by atoms with E-state index in [2.05, 4.69) is 5.32 Å². The predicted octanol–water partition coefficient (Wildman–Crippen LogP) is 1.59. The van der Waals surface area contributed by atoms with Crippen LogP contribution in [-0.4, -0.2) is 34.6 Å². The SMILES string of the molecule is CCOc1c(C(=O)NC(C)CC(=O)O)cccc1[N+](=O)[O-]. The number of rotatable bonds is 7. The summed E-state index contributed by atoms with van der Waals surface area (Å²) < 4.78 is 5.19. The van der Waals surface area contributed by atoms with Crippen LogP contribution in [0.3, 0.4) is 0 Å². The van der Waals surface area contributed by atoms with Crippen LogP contribution in [-0.2, 0) is 4.79 Å². The molecular formula is C13H16N2O6. The Balaban J connectivity index is 3.05. The Kier molecular flexibility index (Phi) is 5.65. The van der Waals surface area contributed by atoms with Crippen LogP contribution in [0.15, 0.2) is 18.2 Å². The molecule has 0 fully saturated rings. The van der Waals surface area contributed by atoms with Crippen molar-refractivity contribution in [2.75, 3.05) is 6.61 Å². The molecule has 0 bridgehead atoms. The van der Waals surface area contributed by atoms with E-state index >= 15 is 0 Å². The second-order valence-corrected chi connectivity index (χ2v) is 4.32. The number of nitrogens with zero attached hydrogens (tertiary/aromatic N) is 1. The second kappa shape index (κ2) is 7.22. The van der Waals surface area contributed by atoms with Gasteiger partial charge in [-0.25, -0.2) is 0 Å². The Bertz CT molecular complexity index is 558. The molecule has 0 radical (unpaired) electrons. The third-order valence-electron chi connectivity index (χ3n) is 2.58. The van der Waals surface area contributed by atoms with E-state index in [1.54, 1.807) is 6.92 Å². The molecule has 1 rings (SSSR count). The maximum Gasteiger partial charge on any atom is 0.311 e. The van der Waals surface area contributed by atoms with Crippen LogP contribution in [0.2, 0.25) is 0 Å². The highest BCUT2D eigenvalue weighted by Crippen LogP contribution is 2.30. The minimum absolute atomic E-state index is 0.00305. The Hall–Kier alpha value is -2.64. The highest BCUT2D eigenvalue weighted by atomic mass is 16.6. The van der Waals surface area contributed by atoms with Gasteiger partial charge < -0.3 is 15.2 Å². The zero-order chi connectivity index (χ0) is 16.0. The molecule has 1 atom stereocenters. The quantitative estimate of drug-likeness (QED) is 0.582. The van der Waals surface area contributed by atoms with Crippen molar-refractivity contribution in [3.63, 3.8) is 0 Å². The van der Waals surface area contributed by atoms with E-state index in [-0.39, 0.29) is 30.0 Å². The van der Waals surface area contributed by atoms with Crippen LogP contribution in [0.25, 0.3) is 0 Å². The van der Waals surface area contributed by atoms with Gasteiger partial charge in [0, 0.05) is 12.1 Å². The lowest BCUT2D eigenvalue weighted by Gasteiger charge is -2.14. The monoisotopic (exact) mass is 296 g/mol. The molecule has 0 aliphatic carbocycles. The van der Waals surface area contributed by atoms with Crippen LogP contribution in [0, 0.1) is 10.1 Å². The van der Waals surface area contributed by atoms with Crippen molar-refractivity contribution < 1.29 is 24.4 Å². The molecule has 0 aromatic heterocycles. The lowest BCUT2D eigenvalue weighted by molar-refractivity contribution is -0.385. The Labute approximate surface area is 120 Å². The zero-order valence-corrected chi connectivity index (χ0v) is 11.7. The molecular weight excluding hydrogens is 280 g/mol. The van der Waals surface area contributed by atoms with Gasteiger partial charge in [0.25, 0.3) is 5.91 Å². The molecule has 0 spiro atoms. The number of carboxylic acids is 1. The number of hydrogen-bond acceptors (Lipinski definition) is 5. The summed E-state index contributed by atoms with van der Waals surface area (Å²) in [6.07, 6.45) is -0.245. The maximum atomic E-state index is 12.1. The summed E-state index contributed by atoms with van der Waals surface area (Å²) in [7, 11) is 0. The summed E-state index contributed by atoms with van der Waals surface area (Å²) in [4.78, 5) is 33.0. The first-order chi connectivity index (χ1) is 9.86. The van der Waals surface area contributed by atoms with Crippen molar-refractivity contribution in [1.82, 2.24) is 5.32 Å². The number of carbonyl (C=O) groups excluding carboxylic acids is 1. The second-order valence-electron chi connectivity index (χ2n) is 4.32. The highest BCUT2D eigenvalue weighted by molar-refractivity contribution is 5.98. The average molecular weight is 296 g/mol. The molecule has 0 saturated heterocycles. The van der Waals surface area contributed by atoms with E-state index in [1.165, 1.54) is 25.1 Å². The average Bonchev–Trinajstić information content (AvgIpc) is 2.37. The number of nitro benzene ring substituents is 1. The van der Waals surface area contributed by atoms with Gasteiger partial charge in [-0.1, -0.05) is 6.07 Å². The van der Waals surface area contributed by atoms with Gasteiger partial charge in [-0.2, -0.15) is 0 Å². The van der Waals surface area contributed by atoms with Crippen molar-refractivity contribution >= 4 is 17.6 Å². The molecule has 2 N–H and O–H groups in total. The number of carboxylic acid groups (broad SMARTS) is 1. The number of ether oxygens (including phenoxy) is 1. The van der Waals surface area contributed by atoms with Crippen LogP contribution in [0.1, 0.15) is 30.6 Å².